The summed E-state index contributed by atoms with van der Waals surface area (Å²) in [4.78, 5) is 13.7. The van der Waals surface area contributed by atoms with E-state index in [1.54, 1.807) is 34.6 Å². The molecule has 2 unspecified atom stereocenters. The van der Waals surface area contributed by atoms with Crippen LogP contribution in [-0.4, -0.2) is 49.5 Å². The van der Waals surface area contributed by atoms with Crippen LogP contribution in [0.5, 0.6) is 0 Å². The molecule has 1 heterocycles. The standard InChI is InChI=1S/C12H23NO5S/c1-11(2,3)18-10(14)13-9(6-7-19(15)16)8-17-12(13,4)5/h9H,6-8H2,1-5H3,(H,15,16)/p-1. The van der Waals surface area contributed by atoms with Gasteiger partial charge in [-0.05, 0) is 41.0 Å². The number of nitrogens with zero attached hydrogens (tertiary/aromatic N) is 1. The van der Waals surface area contributed by atoms with Crippen LogP contribution in [0.1, 0.15) is 41.0 Å². The van der Waals surface area contributed by atoms with Gasteiger partial charge in [-0.2, -0.15) is 0 Å². The monoisotopic (exact) mass is 292 g/mol. The molecule has 0 aromatic carbocycles. The summed E-state index contributed by atoms with van der Waals surface area (Å²) >= 11 is -2.12. The highest BCUT2D eigenvalue weighted by atomic mass is 32.2. The third-order valence-corrected chi connectivity index (χ3v) is 3.35. The highest BCUT2D eigenvalue weighted by Crippen LogP contribution is 2.30. The van der Waals surface area contributed by atoms with Gasteiger partial charge in [-0.1, -0.05) is 11.1 Å². The summed E-state index contributed by atoms with van der Waals surface area (Å²) < 4.78 is 32.2. The molecule has 0 saturated carbocycles. The average molecular weight is 292 g/mol. The molecule has 1 aliphatic rings. The van der Waals surface area contributed by atoms with Crippen LogP contribution in [0.25, 0.3) is 0 Å². The fourth-order valence-electron chi connectivity index (χ4n) is 2.01. The maximum Gasteiger partial charge on any atom is 0.412 e. The molecule has 0 spiro atoms. The minimum absolute atomic E-state index is 0.00338. The molecule has 1 rings (SSSR count). The van der Waals surface area contributed by atoms with Crippen LogP contribution in [-0.2, 0) is 20.6 Å². The number of rotatable bonds is 3. The van der Waals surface area contributed by atoms with Gasteiger partial charge in [0.1, 0.15) is 11.3 Å². The first-order valence-electron chi connectivity index (χ1n) is 6.25. The quantitative estimate of drug-likeness (QED) is 0.739. The van der Waals surface area contributed by atoms with E-state index < -0.39 is 28.5 Å². The Morgan fingerprint density at radius 1 is 1.53 bits per heavy atom. The van der Waals surface area contributed by atoms with E-state index in [1.165, 1.54) is 4.90 Å². The van der Waals surface area contributed by atoms with Crippen molar-refractivity contribution in [3.8, 4) is 0 Å². The number of hydrogen-bond donors (Lipinski definition) is 0. The summed E-state index contributed by atoms with van der Waals surface area (Å²) in [5.74, 6) is 0.00338. The van der Waals surface area contributed by atoms with Gasteiger partial charge in [0.05, 0.1) is 12.6 Å². The predicted octanol–water partition coefficient (Wildman–Crippen LogP) is 1.63. The first kappa shape index (κ1) is 16.4. The van der Waals surface area contributed by atoms with E-state index in [4.69, 9.17) is 9.47 Å². The molecule has 7 heteroatoms. The Bertz CT molecular complexity index is 364. The number of amides is 1. The van der Waals surface area contributed by atoms with E-state index in [1.807, 2.05) is 0 Å². The van der Waals surface area contributed by atoms with Gasteiger partial charge in [0.2, 0.25) is 0 Å². The van der Waals surface area contributed by atoms with Gasteiger partial charge >= 0.3 is 6.09 Å². The second kappa shape index (κ2) is 5.76. The van der Waals surface area contributed by atoms with Gasteiger partial charge in [0.15, 0.2) is 0 Å². The second-order valence-electron chi connectivity index (χ2n) is 6.06. The van der Waals surface area contributed by atoms with Gasteiger partial charge in [-0.15, -0.1) is 0 Å². The van der Waals surface area contributed by atoms with Crippen molar-refractivity contribution in [1.29, 1.82) is 0 Å². The summed E-state index contributed by atoms with van der Waals surface area (Å²) in [7, 11) is 0. The van der Waals surface area contributed by atoms with Crippen LogP contribution in [0.4, 0.5) is 4.79 Å². The van der Waals surface area contributed by atoms with Crippen LogP contribution in [0.3, 0.4) is 0 Å². The van der Waals surface area contributed by atoms with Crippen molar-refractivity contribution < 1.29 is 23.0 Å². The number of ether oxygens (including phenoxy) is 2. The Kier molecular flexibility index (Phi) is 4.97. The van der Waals surface area contributed by atoms with Crippen molar-refractivity contribution >= 4 is 17.2 Å². The third kappa shape index (κ3) is 4.74. The SMILES string of the molecule is CC(C)(C)OC(=O)N1C(CCS(=O)[O-])COC1(C)C. The summed E-state index contributed by atoms with van der Waals surface area (Å²) in [6.45, 7) is 9.23. The zero-order valence-electron chi connectivity index (χ0n) is 12.1. The third-order valence-electron chi connectivity index (χ3n) is 2.78. The van der Waals surface area contributed by atoms with Crippen molar-refractivity contribution in [1.82, 2.24) is 4.90 Å². The fourth-order valence-corrected chi connectivity index (χ4v) is 2.47. The van der Waals surface area contributed by atoms with Crippen LogP contribution in [0, 0.1) is 0 Å². The van der Waals surface area contributed by atoms with Gasteiger partial charge in [0.25, 0.3) is 0 Å². The minimum atomic E-state index is -2.12. The Morgan fingerprint density at radius 3 is 2.58 bits per heavy atom. The van der Waals surface area contributed by atoms with E-state index in [0.717, 1.165) is 0 Å². The topological polar surface area (TPSA) is 78.9 Å². The molecule has 0 bridgehead atoms. The molecule has 0 aromatic heterocycles. The molecule has 0 N–H and O–H groups in total. The average Bonchev–Trinajstić information content (AvgIpc) is 2.47. The van der Waals surface area contributed by atoms with Crippen LogP contribution >= 0.6 is 0 Å². The highest BCUT2D eigenvalue weighted by molar-refractivity contribution is 7.79. The Hall–Kier alpha value is -0.660. The van der Waals surface area contributed by atoms with Crippen LogP contribution in [0.15, 0.2) is 0 Å². The van der Waals surface area contributed by atoms with E-state index >= 15 is 0 Å². The maximum atomic E-state index is 12.2. The zero-order chi connectivity index (χ0) is 14.8. The minimum Gasteiger partial charge on any atom is -0.772 e. The van der Waals surface area contributed by atoms with E-state index in [0.29, 0.717) is 13.0 Å². The lowest BCUT2D eigenvalue weighted by atomic mass is 10.1. The predicted molar refractivity (Wildman–Crippen MR) is 70.3 cm³/mol. The molecule has 19 heavy (non-hydrogen) atoms. The lowest BCUT2D eigenvalue weighted by Crippen LogP contribution is -2.50. The van der Waals surface area contributed by atoms with Gasteiger partial charge in [-0.3, -0.25) is 9.11 Å². The highest BCUT2D eigenvalue weighted by Gasteiger charge is 2.45. The molecule has 0 radical (unpaired) electrons. The van der Waals surface area contributed by atoms with Crippen molar-refractivity contribution in [2.24, 2.45) is 0 Å². The molecule has 6 nitrogen and oxygen atoms in total. The van der Waals surface area contributed by atoms with E-state index in [9.17, 15) is 13.6 Å². The molecule has 1 saturated heterocycles. The largest absolute Gasteiger partial charge is 0.772 e. The molecule has 112 valence electrons. The number of carbonyl (C=O) groups is 1. The van der Waals surface area contributed by atoms with Crippen molar-refractivity contribution in [2.75, 3.05) is 12.4 Å². The summed E-state index contributed by atoms with van der Waals surface area (Å²) in [5, 5.41) is 0. The molecule has 0 aliphatic carbocycles. The molecule has 2 atom stereocenters. The van der Waals surface area contributed by atoms with Crippen LogP contribution < -0.4 is 0 Å². The second-order valence-corrected chi connectivity index (χ2v) is 7.07. The Morgan fingerprint density at radius 2 is 2.11 bits per heavy atom. The van der Waals surface area contributed by atoms with E-state index in [-0.39, 0.29) is 11.8 Å². The molecule has 1 fully saturated rings. The summed E-state index contributed by atoms with van der Waals surface area (Å²) in [6.07, 6.45) is -0.129. The normalized spacial score (nSPS) is 24.3. The summed E-state index contributed by atoms with van der Waals surface area (Å²) in [5.41, 5.74) is -1.38. The smallest absolute Gasteiger partial charge is 0.412 e. The first-order chi connectivity index (χ1) is 8.53. The molecule has 0 aromatic rings. The molecular weight excluding hydrogens is 270 g/mol. The number of hydrogen-bond acceptors (Lipinski definition) is 5. The van der Waals surface area contributed by atoms with Crippen molar-refractivity contribution in [2.45, 2.75) is 58.4 Å². The van der Waals surface area contributed by atoms with Gasteiger partial charge in [-0.25, -0.2) is 4.79 Å². The number of carbonyl (C=O) groups excluding carboxylic acids is 1. The zero-order valence-corrected chi connectivity index (χ0v) is 12.9. The molecule has 1 amide bonds. The molecular formula is C12H22NO5S-. The maximum absolute atomic E-state index is 12.2. The van der Waals surface area contributed by atoms with Crippen molar-refractivity contribution in [3.05, 3.63) is 0 Å². The lowest BCUT2D eigenvalue weighted by molar-refractivity contribution is -0.0625. The lowest BCUT2D eigenvalue weighted by Gasteiger charge is -2.35. The molecule has 1 aliphatic heterocycles. The first-order valence-corrected chi connectivity index (χ1v) is 7.49. The Labute approximate surface area is 116 Å². The van der Waals surface area contributed by atoms with Gasteiger partial charge < -0.3 is 14.0 Å². The Balaban J connectivity index is 2.78. The van der Waals surface area contributed by atoms with E-state index in [2.05, 4.69) is 0 Å². The van der Waals surface area contributed by atoms with Gasteiger partial charge in [0, 0.05) is 5.75 Å². The van der Waals surface area contributed by atoms with Crippen molar-refractivity contribution in [3.63, 3.8) is 0 Å². The summed E-state index contributed by atoms with van der Waals surface area (Å²) in [6, 6.07) is -0.275. The fraction of sp³-hybridized carbons (Fsp3) is 0.917. The van der Waals surface area contributed by atoms with Crippen LogP contribution in [0.2, 0.25) is 0 Å².